The lowest BCUT2D eigenvalue weighted by atomic mass is 9.97. The highest BCUT2D eigenvalue weighted by Crippen LogP contribution is 2.42. The Morgan fingerprint density at radius 2 is 0.800 bits per heavy atom. The largest absolute Gasteiger partial charge is 0.293 e. The smallest absolute Gasteiger partial charge is 0.164 e. The van der Waals surface area contributed by atoms with Gasteiger partial charge in [0.05, 0.1) is 16.6 Å². The first-order valence-corrected chi connectivity index (χ1v) is 20.3. The van der Waals surface area contributed by atoms with Gasteiger partial charge in [-0.25, -0.2) is 15.0 Å². The summed E-state index contributed by atoms with van der Waals surface area (Å²) in [6.07, 6.45) is 0. The van der Waals surface area contributed by atoms with Crippen LogP contribution in [0.15, 0.2) is 212 Å². The first kappa shape index (κ1) is 33.9. The first-order chi connectivity index (χ1) is 29.7. The maximum Gasteiger partial charge on any atom is 0.164 e. The molecule has 0 aliphatic rings. The SMILES string of the molecule is c1ccc(-n2c3ccccc3n3c4ccccc4c(-c4cccc(-c5ccc(-c6nc(-c7ccc8ccccc8c7)nc(-c7ccc8ccccc8c7)n6)cc5)c4)c23)cc1. The summed E-state index contributed by atoms with van der Waals surface area (Å²) in [5, 5.41) is 5.86. The Kier molecular flexibility index (Phi) is 7.78. The molecule has 12 aromatic rings. The molecule has 3 aromatic heterocycles. The maximum absolute atomic E-state index is 5.10. The number of nitrogens with zero attached hydrogens (tertiary/aromatic N) is 5. The van der Waals surface area contributed by atoms with E-state index in [2.05, 4.69) is 221 Å². The summed E-state index contributed by atoms with van der Waals surface area (Å²) in [7, 11) is 0. The molecule has 0 N–H and O–H groups in total. The van der Waals surface area contributed by atoms with Crippen LogP contribution in [0.2, 0.25) is 0 Å². The van der Waals surface area contributed by atoms with Crippen molar-refractivity contribution in [1.82, 2.24) is 23.9 Å². The van der Waals surface area contributed by atoms with E-state index in [-0.39, 0.29) is 0 Å². The predicted molar refractivity (Wildman–Crippen MR) is 247 cm³/mol. The van der Waals surface area contributed by atoms with Crippen molar-refractivity contribution < 1.29 is 0 Å². The van der Waals surface area contributed by atoms with Gasteiger partial charge in [-0.2, -0.15) is 0 Å². The van der Waals surface area contributed by atoms with E-state index in [1.807, 2.05) is 0 Å². The molecule has 60 heavy (non-hydrogen) atoms. The van der Waals surface area contributed by atoms with Gasteiger partial charge in [0.25, 0.3) is 0 Å². The minimum atomic E-state index is 0.632. The zero-order chi connectivity index (χ0) is 39.6. The molecular formula is C55H35N5. The topological polar surface area (TPSA) is 48.0 Å². The number of hydrogen-bond acceptors (Lipinski definition) is 3. The van der Waals surface area contributed by atoms with Crippen molar-refractivity contribution >= 4 is 49.1 Å². The molecule has 0 bridgehead atoms. The number of imidazole rings is 1. The summed E-state index contributed by atoms with van der Waals surface area (Å²) >= 11 is 0. The van der Waals surface area contributed by atoms with Gasteiger partial charge in [0.1, 0.15) is 5.65 Å². The average Bonchev–Trinajstić information content (AvgIpc) is 3.84. The van der Waals surface area contributed by atoms with Crippen molar-refractivity contribution in [3.8, 4) is 62.1 Å². The molecule has 0 amide bonds. The highest BCUT2D eigenvalue weighted by molar-refractivity contribution is 6.09. The third-order valence-corrected chi connectivity index (χ3v) is 11.7. The van der Waals surface area contributed by atoms with Crippen LogP contribution in [0, 0.1) is 0 Å². The van der Waals surface area contributed by atoms with Crippen molar-refractivity contribution in [3.63, 3.8) is 0 Å². The molecule has 0 spiro atoms. The quantitative estimate of drug-likeness (QED) is 0.169. The van der Waals surface area contributed by atoms with Crippen LogP contribution < -0.4 is 0 Å². The van der Waals surface area contributed by atoms with Gasteiger partial charge < -0.3 is 0 Å². The zero-order valence-electron chi connectivity index (χ0n) is 32.4. The van der Waals surface area contributed by atoms with Crippen molar-refractivity contribution in [2.75, 3.05) is 0 Å². The number of aromatic nitrogens is 5. The monoisotopic (exact) mass is 765 g/mol. The molecule has 0 aliphatic heterocycles. The lowest BCUT2D eigenvalue weighted by Gasteiger charge is -2.11. The molecule has 0 radical (unpaired) electrons. The second-order valence-corrected chi connectivity index (χ2v) is 15.3. The van der Waals surface area contributed by atoms with Gasteiger partial charge in [-0.1, -0.05) is 164 Å². The molecule has 0 atom stereocenters. The molecular weight excluding hydrogens is 731 g/mol. The second kappa shape index (κ2) is 13.8. The van der Waals surface area contributed by atoms with Crippen molar-refractivity contribution in [2.24, 2.45) is 0 Å². The van der Waals surface area contributed by atoms with E-state index in [9.17, 15) is 0 Å². The van der Waals surface area contributed by atoms with Gasteiger partial charge in [0, 0.05) is 33.3 Å². The van der Waals surface area contributed by atoms with Gasteiger partial charge in [-0.15, -0.1) is 0 Å². The number of benzene rings is 9. The van der Waals surface area contributed by atoms with Crippen LogP contribution in [0.3, 0.4) is 0 Å². The minimum Gasteiger partial charge on any atom is -0.293 e. The predicted octanol–water partition coefficient (Wildman–Crippen LogP) is 13.9. The number of para-hydroxylation sites is 4. The molecule has 5 heteroatoms. The molecule has 9 aromatic carbocycles. The standard InChI is InChI=1S/C55H35N5/c1-2-19-46(20-3-1)59-49-23-10-11-24-50(49)60-48-22-9-8-21-47(48)51(55(59)60)43-18-12-17-42(33-43)38-25-29-39(30-26-38)52-56-53(44-31-27-36-13-4-6-15-40(36)34-44)58-54(57-52)45-32-28-37-14-5-7-16-41(37)35-45/h1-35H. The van der Waals surface area contributed by atoms with E-state index in [1.54, 1.807) is 0 Å². The summed E-state index contributed by atoms with van der Waals surface area (Å²) in [6.45, 7) is 0. The van der Waals surface area contributed by atoms with Crippen LogP contribution in [0.1, 0.15) is 0 Å². The highest BCUT2D eigenvalue weighted by Gasteiger charge is 2.22. The Morgan fingerprint density at radius 3 is 1.47 bits per heavy atom. The lowest BCUT2D eigenvalue weighted by molar-refractivity contribution is 1.08. The fourth-order valence-corrected chi connectivity index (χ4v) is 8.85. The van der Waals surface area contributed by atoms with Crippen molar-refractivity contribution in [2.45, 2.75) is 0 Å². The average molecular weight is 766 g/mol. The molecule has 0 aliphatic carbocycles. The van der Waals surface area contributed by atoms with E-state index in [0.29, 0.717) is 17.5 Å². The summed E-state index contributed by atoms with van der Waals surface area (Å²) in [5.41, 5.74) is 13.3. The summed E-state index contributed by atoms with van der Waals surface area (Å²) in [4.78, 5) is 15.3. The molecule has 12 rings (SSSR count). The van der Waals surface area contributed by atoms with Crippen molar-refractivity contribution in [1.29, 1.82) is 0 Å². The third-order valence-electron chi connectivity index (χ3n) is 11.7. The molecule has 0 unspecified atom stereocenters. The van der Waals surface area contributed by atoms with Crippen LogP contribution in [-0.2, 0) is 0 Å². The van der Waals surface area contributed by atoms with Crippen LogP contribution in [0.5, 0.6) is 0 Å². The van der Waals surface area contributed by atoms with Gasteiger partial charge >= 0.3 is 0 Å². The normalized spacial score (nSPS) is 11.7. The lowest BCUT2D eigenvalue weighted by Crippen LogP contribution is -2.00. The summed E-state index contributed by atoms with van der Waals surface area (Å²) in [5.74, 6) is 1.92. The van der Waals surface area contributed by atoms with Gasteiger partial charge in [0.2, 0.25) is 0 Å². The van der Waals surface area contributed by atoms with Crippen molar-refractivity contribution in [3.05, 3.63) is 212 Å². The van der Waals surface area contributed by atoms with E-state index < -0.39 is 0 Å². The van der Waals surface area contributed by atoms with Gasteiger partial charge in [0.15, 0.2) is 17.5 Å². The zero-order valence-corrected chi connectivity index (χ0v) is 32.4. The van der Waals surface area contributed by atoms with E-state index in [0.717, 1.165) is 55.5 Å². The van der Waals surface area contributed by atoms with E-state index >= 15 is 0 Å². The Labute approximate surface area is 346 Å². The van der Waals surface area contributed by atoms with Gasteiger partial charge in [-0.05, 0) is 86.8 Å². The third kappa shape index (κ3) is 5.59. The Hall–Kier alpha value is -8.15. The Balaban J connectivity index is 0.978. The van der Waals surface area contributed by atoms with Crippen LogP contribution in [0.25, 0.3) is 111 Å². The van der Waals surface area contributed by atoms with Crippen LogP contribution in [-0.4, -0.2) is 23.9 Å². The number of hydrogen-bond donors (Lipinski definition) is 0. The maximum atomic E-state index is 5.10. The highest BCUT2D eigenvalue weighted by atomic mass is 15.1. The van der Waals surface area contributed by atoms with Crippen LogP contribution >= 0.6 is 0 Å². The molecule has 0 saturated heterocycles. The second-order valence-electron chi connectivity index (χ2n) is 15.3. The molecule has 5 nitrogen and oxygen atoms in total. The Bertz CT molecular complexity index is 3500. The molecule has 0 saturated carbocycles. The summed E-state index contributed by atoms with van der Waals surface area (Å²) < 4.78 is 4.82. The van der Waals surface area contributed by atoms with E-state index in [1.165, 1.54) is 38.3 Å². The number of fused-ring (bicyclic) bond motifs is 7. The Morgan fingerprint density at radius 1 is 0.300 bits per heavy atom. The number of rotatable bonds is 6. The molecule has 280 valence electrons. The van der Waals surface area contributed by atoms with Gasteiger partial charge in [-0.3, -0.25) is 8.97 Å². The summed E-state index contributed by atoms with van der Waals surface area (Å²) in [6, 6.07) is 75.2. The fraction of sp³-hybridized carbons (Fsp3) is 0. The fourth-order valence-electron chi connectivity index (χ4n) is 8.85. The molecule has 0 fully saturated rings. The van der Waals surface area contributed by atoms with Crippen LogP contribution in [0.4, 0.5) is 0 Å². The minimum absolute atomic E-state index is 0.632. The molecule has 3 heterocycles. The van der Waals surface area contributed by atoms with E-state index in [4.69, 9.17) is 15.0 Å². The first-order valence-electron chi connectivity index (χ1n) is 20.3.